The minimum Gasteiger partial charge on any atom is -0.309 e. The molecule has 146 valence electrons. The number of nitrogens with one attached hydrogen (secondary N) is 2. The summed E-state index contributed by atoms with van der Waals surface area (Å²) in [5, 5.41) is 9.93. The first-order valence-electron chi connectivity index (χ1n) is 8.64. The minimum atomic E-state index is -0.676. The van der Waals surface area contributed by atoms with E-state index in [9.17, 15) is 18.0 Å². The number of aromatic nitrogens is 2. The Labute approximate surface area is 160 Å². The van der Waals surface area contributed by atoms with Crippen LogP contribution in [0.4, 0.5) is 19.0 Å². The fourth-order valence-corrected chi connectivity index (χ4v) is 2.76. The minimum absolute atomic E-state index is 0.0916. The first-order valence-corrected chi connectivity index (χ1v) is 8.64. The van der Waals surface area contributed by atoms with E-state index >= 15 is 0 Å². The fraction of sp³-hybridized carbons (Fsp3) is 0.200. The van der Waals surface area contributed by atoms with Crippen molar-refractivity contribution in [1.29, 1.82) is 0 Å². The van der Waals surface area contributed by atoms with Crippen molar-refractivity contribution < 1.29 is 18.0 Å². The van der Waals surface area contributed by atoms with Gasteiger partial charge in [-0.15, -0.1) is 0 Å². The van der Waals surface area contributed by atoms with E-state index in [0.29, 0.717) is 17.2 Å². The van der Waals surface area contributed by atoms with E-state index in [2.05, 4.69) is 15.7 Å². The summed E-state index contributed by atoms with van der Waals surface area (Å²) in [7, 11) is 0. The molecule has 2 aromatic carbocycles. The third kappa shape index (κ3) is 4.58. The van der Waals surface area contributed by atoms with E-state index < -0.39 is 17.7 Å². The zero-order valence-corrected chi connectivity index (χ0v) is 15.3. The fourth-order valence-electron chi connectivity index (χ4n) is 2.76. The number of hydrogen-bond acceptors (Lipinski definition) is 3. The molecule has 1 aromatic heterocycles. The molecule has 3 rings (SSSR count). The monoisotopic (exact) mass is 388 g/mol. The summed E-state index contributed by atoms with van der Waals surface area (Å²) in [6.45, 7) is 3.36. The molecule has 0 bridgehead atoms. The third-order valence-electron chi connectivity index (χ3n) is 4.17. The number of hydrogen-bond donors (Lipinski definition) is 2. The van der Waals surface area contributed by atoms with Crippen LogP contribution in [0.2, 0.25) is 0 Å². The van der Waals surface area contributed by atoms with Crippen molar-refractivity contribution in [1.82, 2.24) is 15.1 Å². The highest BCUT2D eigenvalue weighted by molar-refractivity contribution is 5.91. The number of halogens is 3. The van der Waals surface area contributed by atoms with Crippen LogP contribution in [0.25, 0.3) is 5.69 Å². The quantitative estimate of drug-likeness (QED) is 0.674. The van der Waals surface area contributed by atoms with E-state index in [4.69, 9.17) is 0 Å². The van der Waals surface area contributed by atoms with Gasteiger partial charge in [0, 0.05) is 23.7 Å². The Balaban J connectivity index is 1.66. The zero-order chi connectivity index (χ0) is 20.3. The van der Waals surface area contributed by atoms with Gasteiger partial charge in [-0.05, 0) is 44.2 Å². The molecule has 0 saturated heterocycles. The normalized spacial score (nSPS) is 12.0. The van der Waals surface area contributed by atoms with Crippen LogP contribution < -0.4 is 10.6 Å². The van der Waals surface area contributed by atoms with Crippen LogP contribution in [0.15, 0.2) is 48.5 Å². The molecule has 0 aliphatic carbocycles. The molecule has 0 aliphatic heterocycles. The van der Waals surface area contributed by atoms with E-state index in [-0.39, 0.29) is 23.8 Å². The Morgan fingerprint density at radius 3 is 2.43 bits per heavy atom. The Hall–Kier alpha value is -3.13. The molecule has 0 saturated carbocycles. The van der Waals surface area contributed by atoms with Crippen LogP contribution in [-0.2, 0) is 4.79 Å². The van der Waals surface area contributed by atoms with Gasteiger partial charge in [0.15, 0.2) is 0 Å². The van der Waals surface area contributed by atoms with Crippen LogP contribution in [0.1, 0.15) is 24.2 Å². The lowest BCUT2D eigenvalue weighted by molar-refractivity contribution is -0.115. The molecule has 0 radical (unpaired) electrons. The van der Waals surface area contributed by atoms with Gasteiger partial charge in [-0.1, -0.05) is 6.07 Å². The maximum atomic E-state index is 13.8. The number of carbonyl (C=O) groups excluding carboxylic acids is 1. The van der Waals surface area contributed by atoms with E-state index in [0.717, 1.165) is 6.07 Å². The molecule has 1 heterocycles. The van der Waals surface area contributed by atoms with Crippen LogP contribution in [-0.4, -0.2) is 22.2 Å². The van der Waals surface area contributed by atoms with Crippen molar-refractivity contribution in [2.75, 3.05) is 11.9 Å². The number of amides is 1. The average molecular weight is 388 g/mol. The number of nitrogens with zero attached hydrogens (tertiary/aromatic N) is 2. The third-order valence-corrected chi connectivity index (χ3v) is 4.17. The largest absolute Gasteiger partial charge is 0.309 e. The van der Waals surface area contributed by atoms with E-state index in [1.165, 1.54) is 28.9 Å². The van der Waals surface area contributed by atoms with Gasteiger partial charge in [0.1, 0.15) is 23.3 Å². The second kappa shape index (κ2) is 8.26. The summed E-state index contributed by atoms with van der Waals surface area (Å²) in [5.74, 6) is -1.64. The number of carbonyl (C=O) groups is 1. The summed E-state index contributed by atoms with van der Waals surface area (Å²) >= 11 is 0. The Kier molecular flexibility index (Phi) is 5.79. The maximum absolute atomic E-state index is 13.8. The van der Waals surface area contributed by atoms with Gasteiger partial charge in [0.25, 0.3) is 0 Å². The molecule has 3 aromatic rings. The van der Waals surface area contributed by atoms with Gasteiger partial charge >= 0.3 is 0 Å². The zero-order valence-electron chi connectivity index (χ0n) is 15.3. The van der Waals surface area contributed by atoms with Gasteiger partial charge in [-0.3, -0.25) is 4.79 Å². The molecule has 5 nitrogen and oxygen atoms in total. The van der Waals surface area contributed by atoms with Crippen LogP contribution >= 0.6 is 0 Å². The number of aryl methyl sites for hydroxylation is 1. The lowest BCUT2D eigenvalue weighted by atomic mass is 10.1. The molecule has 1 atom stereocenters. The summed E-state index contributed by atoms with van der Waals surface area (Å²) < 4.78 is 41.5. The first-order chi connectivity index (χ1) is 13.3. The number of rotatable bonds is 6. The molecule has 1 amide bonds. The van der Waals surface area contributed by atoms with Crippen molar-refractivity contribution in [3.05, 3.63) is 77.2 Å². The van der Waals surface area contributed by atoms with Gasteiger partial charge in [-0.2, -0.15) is 5.10 Å². The lowest BCUT2D eigenvalue weighted by Gasteiger charge is -2.15. The van der Waals surface area contributed by atoms with Gasteiger partial charge in [-0.25, -0.2) is 17.9 Å². The molecule has 0 fully saturated rings. The second-order valence-electron chi connectivity index (χ2n) is 6.38. The van der Waals surface area contributed by atoms with Crippen molar-refractivity contribution >= 4 is 11.7 Å². The van der Waals surface area contributed by atoms with Crippen LogP contribution in [0, 0.1) is 24.4 Å². The van der Waals surface area contributed by atoms with Crippen LogP contribution in [0.5, 0.6) is 0 Å². The van der Waals surface area contributed by atoms with Crippen molar-refractivity contribution in [2.45, 2.75) is 19.9 Å². The predicted octanol–water partition coefficient (Wildman–Crippen LogP) is 3.89. The van der Waals surface area contributed by atoms with Crippen molar-refractivity contribution in [3.63, 3.8) is 0 Å². The van der Waals surface area contributed by atoms with E-state index in [1.807, 2.05) is 0 Å². The topological polar surface area (TPSA) is 59.0 Å². The Morgan fingerprint density at radius 2 is 1.75 bits per heavy atom. The summed E-state index contributed by atoms with van der Waals surface area (Å²) in [6, 6.07) is 10.2. The van der Waals surface area contributed by atoms with Crippen molar-refractivity contribution in [3.8, 4) is 5.69 Å². The highest BCUT2D eigenvalue weighted by atomic mass is 19.1. The summed E-state index contributed by atoms with van der Waals surface area (Å²) in [5.41, 5.74) is 1.54. The standard InChI is InChI=1S/C20H19F3N4O/c1-12-9-19(27(26-12)16-6-3-14(21)4-7-16)25-20(28)11-24-13(2)17-8-5-15(22)10-18(17)23/h3-10,13,24H,11H2,1-2H3,(H,25,28)/t13-/m1/s1. The van der Waals surface area contributed by atoms with Gasteiger partial charge in [0.05, 0.1) is 17.9 Å². The highest BCUT2D eigenvalue weighted by Gasteiger charge is 2.15. The number of benzene rings is 2. The van der Waals surface area contributed by atoms with Gasteiger partial charge in [0.2, 0.25) is 5.91 Å². The maximum Gasteiger partial charge on any atom is 0.239 e. The Bertz CT molecular complexity index is 986. The summed E-state index contributed by atoms with van der Waals surface area (Å²) in [4.78, 5) is 12.3. The molecule has 0 aliphatic rings. The molecule has 0 spiro atoms. The smallest absolute Gasteiger partial charge is 0.239 e. The molecule has 0 unspecified atom stereocenters. The first kappa shape index (κ1) is 19.6. The molecule has 28 heavy (non-hydrogen) atoms. The Morgan fingerprint density at radius 1 is 1.07 bits per heavy atom. The predicted molar refractivity (Wildman–Crippen MR) is 99.7 cm³/mol. The SMILES string of the molecule is Cc1cc(NC(=O)CN[C@H](C)c2ccc(F)cc2F)n(-c2ccc(F)cc2)n1. The van der Waals surface area contributed by atoms with E-state index in [1.54, 1.807) is 32.0 Å². The lowest BCUT2D eigenvalue weighted by Crippen LogP contribution is -2.31. The molecule has 8 heteroatoms. The average Bonchev–Trinajstić information content (AvgIpc) is 3.00. The number of anilines is 1. The van der Waals surface area contributed by atoms with Crippen molar-refractivity contribution in [2.24, 2.45) is 0 Å². The second-order valence-corrected chi connectivity index (χ2v) is 6.38. The highest BCUT2D eigenvalue weighted by Crippen LogP contribution is 2.19. The van der Waals surface area contributed by atoms with Crippen LogP contribution in [0.3, 0.4) is 0 Å². The molecule has 2 N–H and O–H groups in total. The molecular weight excluding hydrogens is 369 g/mol. The summed E-state index contributed by atoms with van der Waals surface area (Å²) in [6.07, 6.45) is 0. The molecular formula is C20H19F3N4O. The van der Waals surface area contributed by atoms with Gasteiger partial charge < -0.3 is 10.6 Å².